The van der Waals surface area contributed by atoms with Gasteiger partial charge in [-0.2, -0.15) is 18.4 Å². The van der Waals surface area contributed by atoms with Gasteiger partial charge in [-0.15, -0.1) is 0 Å². The quantitative estimate of drug-likeness (QED) is 0.594. The van der Waals surface area contributed by atoms with E-state index in [-0.39, 0.29) is 15.7 Å². The summed E-state index contributed by atoms with van der Waals surface area (Å²) in [5, 5.41) is 8.67. The van der Waals surface area contributed by atoms with Gasteiger partial charge in [0, 0.05) is 3.57 Å². The van der Waals surface area contributed by atoms with Gasteiger partial charge in [0.2, 0.25) is 0 Å². The van der Waals surface area contributed by atoms with E-state index in [9.17, 15) is 18.0 Å². The molecule has 96 valence electrons. The molecular formula is C11H7F3INO2. The lowest BCUT2D eigenvalue weighted by Gasteiger charge is -2.13. The van der Waals surface area contributed by atoms with Crippen molar-refractivity contribution in [2.75, 3.05) is 6.61 Å². The Bertz CT molecular complexity index is 520. The summed E-state index contributed by atoms with van der Waals surface area (Å²) in [4.78, 5) is 11.5. The molecule has 18 heavy (non-hydrogen) atoms. The Labute approximate surface area is 115 Å². The second kappa shape index (κ2) is 5.56. The van der Waals surface area contributed by atoms with Crippen LogP contribution in [0.5, 0.6) is 0 Å². The topological polar surface area (TPSA) is 50.1 Å². The summed E-state index contributed by atoms with van der Waals surface area (Å²) in [5.74, 6) is -0.836. The van der Waals surface area contributed by atoms with E-state index in [1.807, 2.05) is 0 Å². The molecule has 0 spiro atoms. The number of ether oxygens (including phenoxy) is 1. The third-order valence-corrected chi connectivity index (χ3v) is 3.16. The zero-order valence-corrected chi connectivity index (χ0v) is 11.3. The van der Waals surface area contributed by atoms with E-state index < -0.39 is 23.3 Å². The van der Waals surface area contributed by atoms with Crippen LogP contribution in [0.2, 0.25) is 0 Å². The van der Waals surface area contributed by atoms with Gasteiger partial charge in [-0.25, -0.2) is 4.79 Å². The van der Waals surface area contributed by atoms with Gasteiger partial charge >= 0.3 is 12.1 Å². The molecule has 0 aromatic heterocycles. The fourth-order valence-electron chi connectivity index (χ4n) is 1.31. The smallest absolute Gasteiger partial charge is 0.418 e. The van der Waals surface area contributed by atoms with E-state index in [1.54, 1.807) is 6.92 Å². The number of esters is 1. The van der Waals surface area contributed by atoms with Gasteiger partial charge in [0.25, 0.3) is 0 Å². The molecule has 0 saturated carbocycles. The van der Waals surface area contributed by atoms with Crippen molar-refractivity contribution in [1.29, 1.82) is 5.26 Å². The summed E-state index contributed by atoms with van der Waals surface area (Å²) in [6, 6.07) is 3.59. The van der Waals surface area contributed by atoms with Crippen molar-refractivity contribution < 1.29 is 22.7 Å². The average Bonchev–Trinajstić information content (AvgIpc) is 2.26. The molecule has 0 radical (unpaired) electrons. The van der Waals surface area contributed by atoms with Crippen molar-refractivity contribution in [2.24, 2.45) is 0 Å². The van der Waals surface area contributed by atoms with E-state index >= 15 is 0 Å². The lowest BCUT2D eigenvalue weighted by molar-refractivity contribution is -0.138. The van der Waals surface area contributed by atoms with Gasteiger partial charge in [-0.1, -0.05) is 0 Å². The Kier molecular flexibility index (Phi) is 4.56. The zero-order chi connectivity index (χ0) is 13.9. The molecule has 0 aliphatic carbocycles. The highest BCUT2D eigenvalue weighted by molar-refractivity contribution is 14.1. The molecule has 0 amide bonds. The first-order chi connectivity index (χ1) is 8.32. The van der Waals surface area contributed by atoms with Gasteiger partial charge in [0.15, 0.2) is 0 Å². The highest BCUT2D eigenvalue weighted by atomic mass is 127. The van der Waals surface area contributed by atoms with E-state index in [1.165, 1.54) is 28.7 Å². The molecular weight excluding hydrogens is 362 g/mol. The number of nitrogens with zero attached hydrogens (tertiary/aromatic N) is 1. The number of halogens is 4. The molecule has 3 nitrogen and oxygen atoms in total. The van der Waals surface area contributed by atoms with Gasteiger partial charge in [-0.3, -0.25) is 0 Å². The molecule has 0 aliphatic rings. The van der Waals surface area contributed by atoms with Gasteiger partial charge in [0.05, 0.1) is 29.4 Å². The maximum absolute atomic E-state index is 12.8. The highest BCUT2D eigenvalue weighted by Crippen LogP contribution is 2.36. The molecule has 7 heteroatoms. The number of benzene rings is 1. The molecule has 0 aliphatic heterocycles. The minimum Gasteiger partial charge on any atom is -0.462 e. The molecule has 1 rings (SSSR count). The van der Waals surface area contributed by atoms with Crippen LogP contribution in [0.3, 0.4) is 0 Å². The fraction of sp³-hybridized carbons (Fsp3) is 0.273. The van der Waals surface area contributed by atoms with Crippen LogP contribution in [0, 0.1) is 14.9 Å². The van der Waals surface area contributed by atoms with E-state index in [4.69, 9.17) is 5.26 Å². The highest BCUT2D eigenvalue weighted by Gasteiger charge is 2.37. The first-order valence-electron chi connectivity index (χ1n) is 4.79. The molecule has 1 aromatic carbocycles. The van der Waals surface area contributed by atoms with E-state index in [2.05, 4.69) is 4.74 Å². The van der Waals surface area contributed by atoms with Crippen molar-refractivity contribution in [3.8, 4) is 6.07 Å². The number of alkyl halides is 3. The van der Waals surface area contributed by atoms with E-state index in [0.717, 1.165) is 12.1 Å². The number of hydrogen-bond donors (Lipinski definition) is 0. The number of nitriles is 1. The lowest BCUT2D eigenvalue weighted by Crippen LogP contribution is -2.15. The average molecular weight is 369 g/mol. The second-order valence-corrected chi connectivity index (χ2v) is 4.26. The Hall–Kier alpha value is -1.30. The van der Waals surface area contributed by atoms with Crippen LogP contribution in [-0.2, 0) is 10.9 Å². The number of carbonyl (C=O) groups excluding carboxylic acids is 1. The number of carbonyl (C=O) groups is 1. The van der Waals surface area contributed by atoms with Crippen molar-refractivity contribution in [1.82, 2.24) is 0 Å². The molecule has 0 heterocycles. The van der Waals surface area contributed by atoms with Gasteiger partial charge in [-0.05, 0) is 41.6 Å². The number of rotatable bonds is 2. The molecule has 0 fully saturated rings. The fourth-order valence-corrected chi connectivity index (χ4v) is 2.31. The summed E-state index contributed by atoms with van der Waals surface area (Å²) in [6.45, 7) is 1.62. The van der Waals surface area contributed by atoms with Crippen LogP contribution >= 0.6 is 22.6 Å². The Morgan fingerprint density at radius 1 is 1.50 bits per heavy atom. The van der Waals surface area contributed by atoms with Crippen LogP contribution < -0.4 is 0 Å². The van der Waals surface area contributed by atoms with Crippen molar-refractivity contribution in [3.05, 3.63) is 32.4 Å². The molecule has 0 unspecified atom stereocenters. The Balaban J connectivity index is 3.45. The Morgan fingerprint density at radius 3 is 2.56 bits per heavy atom. The van der Waals surface area contributed by atoms with Crippen molar-refractivity contribution >= 4 is 28.6 Å². The predicted octanol–water partition coefficient (Wildman–Crippen LogP) is 3.36. The maximum Gasteiger partial charge on any atom is 0.418 e. The summed E-state index contributed by atoms with van der Waals surface area (Å²) in [6.07, 6.45) is -4.69. The van der Waals surface area contributed by atoms with Crippen LogP contribution in [0.4, 0.5) is 13.2 Å². The summed E-state index contributed by atoms with van der Waals surface area (Å²) in [7, 11) is 0. The van der Waals surface area contributed by atoms with Crippen LogP contribution in [0.1, 0.15) is 28.4 Å². The van der Waals surface area contributed by atoms with Gasteiger partial charge < -0.3 is 4.74 Å². The van der Waals surface area contributed by atoms with E-state index in [0.29, 0.717) is 0 Å². The monoisotopic (exact) mass is 369 g/mol. The maximum atomic E-state index is 12.8. The molecule has 0 bridgehead atoms. The van der Waals surface area contributed by atoms with Gasteiger partial charge in [0.1, 0.15) is 0 Å². The first-order valence-corrected chi connectivity index (χ1v) is 5.87. The van der Waals surface area contributed by atoms with Crippen molar-refractivity contribution in [2.45, 2.75) is 13.1 Å². The zero-order valence-electron chi connectivity index (χ0n) is 9.14. The molecule has 0 N–H and O–H groups in total. The SMILES string of the molecule is CCOC(=O)c1ccc(C#N)c(C(F)(F)F)c1I. The predicted molar refractivity (Wildman–Crippen MR) is 64.8 cm³/mol. The third-order valence-electron chi connectivity index (χ3n) is 2.04. The minimum atomic E-state index is -4.69. The largest absolute Gasteiger partial charge is 0.462 e. The normalized spacial score (nSPS) is 10.9. The van der Waals surface area contributed by atoms with Crippen molar-refractivity contribution in [3.63, 3.8) is 0 Å². The summed E-state index contributed by atoms with van der Waals surface area (Å²) >= 11 is 1.40. The standard InChI is InChI=1S/C11H7F3INO2/c1-2-18-10(17)7-4-3-6(5-16)8(9(7)15)11(12,13)14/h3-4H,2H2,1H3. The lowest BCUT2D eigenvalue weighted by atomic mass is 10.0. The second-order valence-electron chi connectivity index (χ2n) is 3.18. The third kappa shape index (κ3) is 2.93. The Morgan fingerprint density at radius 2 is 2.11 bits per heavy atom. The van der Waals surface area contributed by atoms with Crippen LogP contribution in [0.25, 0.3) is 0 Å². The minimum absolute atomic E-state index is 0.0657. The summed E-state index contributed by atoms with van der Waals surface area (Å²) in [5.41, 5.74) is -1.81. The molecule has 0 atom stereocenters. The van der Waals surface area contributed by atoms with Crippen LogP contribution in [-0.4, -0.2) is 12.6 Å². The number of hydrogen-bond acceptors (Lipinski definition) is 3. The molecule has 0 saturated heterocycles. The summed E-state index contributed by atoms with van der Waals surface area (Å²) < 4.78 is 42.8. The molecule has 1 aromatic rings. The van der Waals surface area contributed by atoms with Crippen LogP contribution in [0.15, 0.2) is 12.1 Å². The first kappa shape index (κ1) is 14.8.